The van der Waals surface area contributed by atoms with E-state index in [0.717, 1.165) is 18.4 Å². The Balaban J connectivity index is 2.36. The van der Waals surface area contributed by atoms with Crippen molar-refractivity contribution < 1.29 is 4.79 Å². The van der Waals surface area contributed by atoms with Gasteiger partial charge in [0, 0.05) is 11.5 Å². The third-order valence-corrected chi connectivity index (χ3v) is 5.59. The summed E-state index contributed by atoms with van der Waals surface area (Å²) >= 11 is 0. The Morgan fingerprint density at radius 3 is 2.12 bits per heavy atom. The topological polar surface area (TPSA) is 17.1 Å². The average molecular weight is 335 g/mol. The smallest absolute Gasteiger partial charge is 0.166 e. The molecule has 0 radical (unpaired) electrons. The van der Waals surface area contributed by atoms with Crippen LogP contribution in [0.25, 0.3) is 11.1 Å². The summed E-state index contributed by atoms with van der Waals surface area (Å²) in [5, 5.41) is 0. The van der Waals surface area contributed by atoms with Crippen molar-refractivity contribution in [2.75, 3.05) is 0 Å². The van der Waals surface area contributed by atoms with Crippen LogP contribution in [0, 0.1) is 26.7 Å². The van der Waals surface area contributed by atoms with Crippen molar-refractivity contribution in [2.45, 2.75) is 66.7 Å². The fraction of sp³-hybridized carbons (Fsp3) is 0.458. The molecule has 0 aromatic heterocycles. The number of benzene rings is 2. The molecule has 0 saturated heterocycles. The number of carbonyl (C=O) groups is 1. The molecule has 0 fully saturated rings. The van der Waals surface area contributed by atoms with Crippen LogP contribution in [0.15, 0.2) is 24.3 Å². The highest BCUT2D eigenvalue weighted by molar-refractivity contribution is 6.05. The molecule has 2 aromatic carbocycles. The lowest BCUT2D eigenvalue weighted by molar-refractivity contribution is 0.0934. The van der Waals surface area contributed by atoms with Gasteiger partial charge in [-0.05, 0) is 72.9 Å². The lowest BCUT2D eigenvalue weighted by atomic mass is 9.78. The van der Waals surface area contributed by atoms with Crippen molar-refractivity contribution in [1.82, 2.24) is 0 Å². The zero-order chi connectivity index (χ0) is 18.5. The standard InChI is InChI=1S/C24H30O/c1-8-17-12-19-20(23(17)25)13-21(24(5,6)7)16(4)22(19)18-10-14(2)9-15(3)11-18/h9-11,13,17H,8,12H2,1-7H3. The van der Waals surface area contributed by atoms with Crippen molar-refractivity contribution in [2.24, 2.45) is 5.92 Å². The van der Waals surface area contributed by atoms with Gasteiger partial charge in [-0.1, -0.05) is 57.0 Å². The minimum Gasteiger partial charge on any atom is -0.294 e. The lowest BCUT2D eigenvalue weighted by Gasteiger charge is -2.26. The van der Waals surface area contributed by atoms with Gasteiger partial charge in [-0.25, -0.2) is 0 Å². The highest BCUT2D eigenvalue weighted by atomic mass is 16.1. The molecule has 2 aromatic rings. The van der Waals surface area contributed by atoms with E-state index in [1.54, 1.807) is 0 Å². The van der Waals surface area contributed by atoms with E-state index in [0.29, 0.717) is 5.78 Å². The molecule has 1 heteroatoms. The van der Waals surface area contributed by atoms with Crippen molar-refractivity contribution in [1.29, 1.82) is 0 Å². The normalized spacial score (nSPS) is 17.1. The van der Waals surface area contributed by atoms with E-state index in [4.69, 9.17) is 0 Å². The molecule has 0 spiro atoms. The molecular weight excluding hydrogens is 304 g/mol. The molecule has 1 aliphatic carbocycles. The van der Waals surface area contributed by atoms with E-state index in [1.807, 2.05) is 0 Å². The molecule has 0 aliphatic heterocycles. The van der Waals surface area contributed by atoms with Crippen molar-refractivity contribution in [3.63, 3.8) is 0 Å². The molecule has 0 heterocycles. The summed E-state index contributed by atoms with van der Waals surface area (Å²) < 4.78 is 0. The third kappa shape index (κ3) is 3.05. The Morgan fingerprint density at radius 1 is 1.00 bits per heavy atom. The highest BCUT2D eigenvalue weighted by Crippen LogP contribution is 2.43. The van der Waals surface area contributed by atoms with Crippen LogP contribution in [0.5, 0.6) is 0 Å². The van der Waals surface area contributed by atoms with Crippen LogP contribution in [0.1, 0.15) is 72.3 Å². The third-order valence-electron chi connectivity index (χ3n) is 5.59. The summed E-state index contributed by atoms with van der Waals surface area (Å²) in [6.45, 7) is 15.4. The van der Waals surface area contributed by atoms with Gasteiger partial charge in [0.25, 0.3) is 0 Å². The van der Waals surface area contributed by atoms with Gasteiger partial charge in [0.15, 0.2) is 5.78 Å². The molecule has 1 aliphatic rings. The molecule has 1 atom stereocenters. The zero-order valence-electron chi connectivity index (χ0n) is 16.7. The summed E-state index contributed by atoms with van der Waals surface area (Å²) in [7, 11) is 0. The van der Waals surface area contributed by atoms with E-state index in [2.05, 4.69) is 72.7 Å². The van der Waals surface area contributed by atoms with E-state index in [-0.39, 0.29) is 11.3 Å². The van der Waals surface area contributed by atoms with Crippen molar-refractivity contribution in [3.8, 4) is 11.1 Å². The number of hydrogen-bond acceptors (Lipinski definition) is 1. The number of ketones is 1. The molecule has 3 rings (SSSR count). The van der Waals surface area contributed by atoms with E-state index < -0.39 is 0 Å². The summed E-state index contributed by atoms with van der Waals surface area (Å²) in [5.74, 6) is 0.489. The minimum atomic E-state index is 0.0251. The first-order valence-electron chi connectivity index (χ1n) is 9.43. The van der Waals surface area contributed by atoms with Crippen LogP contribution in [0.4, 0.5) is 0 Å². The van der Waals surface area contributed by atoms with E-state index in [9.17, 15) is 4.79 Å². The van der Waals surface area contributed by atoms with Crippen LogP contribution in [-0.2, 0) is 11.8 Å². The molecular formula is C24H30O. The molecule has 1 nitrogen and oxygen atoms in total. The molecule has 132 valence electrons. The monoisotopic (exact) mass is 334 g/mol. The van der Waals surface area contributed by atoms with Crippen molar-refractivity contribution in [3.05, 3.63) is 57.6 Å². The maximum Gasteiger partial charge on any atom is 0.166 e. The number of aryl methyl sites for hydroxylation is 2. The van der Waals surface area contributed by atoms with Gasteiger partial charge in [-0.3, -0.25) is 4.79 Å². The second-order valence-electron chi connectivity index (χ2n) is 8.75. The maximum absolute atomic E-state index is 12.9. The summed E-state index contributed by atoms with van der Waals surface area (Å²) in [6, 6.07) is 8.94. The fourth-order valence-electron chi connectivity index (χ4n) is 4.44. The maximum atomic E-state index is 12.9. The van der Waals surface area contributed by atoms with Gasteiger partial charge in [0.05, 0.1) is 0 Å². The van der Waals surface area contributed by atoms with Crippen LogP contribution in [0.2, 0.25) is 0 Å². The summed E-state index contributed by atoms with van der Waals surface area (Å²) in [4.78, 5) is 12.9. The number of hydrogen-bond donors (Lipinski definition) is 0. The number of Topliss-reactive ketones (excluding diaryl/α,β-unsaturated/α-hetero) is 1. The molecule has 0 saturated carbocycles. The molecule has 0 amide bonds. The van der Waals surface area contributed by atoms with Crippen LogP contribution in [-0.4, -0.2) is 5.78 Å². The van der Waals surface area contributed by atoms with Gasteiger partial charge in [0.2, 0.25) is 0 Å². The van der Waals surface area contributed by atoms with Gasteiger partial charge in [0.1, 0.15) is 0 Å². The van der Waals surface area contributed by atoms with Crippen LogP contribution >= 0.6 is 0 Å². The Morgan fingerprint density at radius 2 is 1.60 bits per heavy atom. The Hall–Kier alpha value is -1.89. The second kappa shape index (κ2) is 6.12. The largest absolute Gasteiger partial charge is 0.294 e. The fourth-order valence-corrected chi connectivity index (χ4v) is 4.44. The first-order valence-corrected chi connectivity index (χ1v) is 9.43. The Labute approximate surface area is 152 Å². The Kier molecular flexibility index (Phi) is 4.39. The molecule has 0 N–H and O–H groups in total. The quantitative estimate of drug-likeness (QED) is 0.626. The number of carbonyl (C=O) groups excluding carboxylic acids is 1. The first-order chi connectivity index (χ1) is 11.6. The van der Waals surface area contributed by atoms with Gasteiger partial charge >= 0.3 is 0 Å². The zero-order valence-corrected chi connectivity index (χ0v) is 16.7. The van der Waals surface area contributed by atoms with E-state index >= 15 is 0 Å². The molecule has 1 unspecified atom stereocenters. The summed E-state index contributed by atoms with van der Waals surface area (Å²) in [5.41, 5.74) is 10.0. The SMILES string of the molecule is CCC1Cc2c(cc(C(C)(C)C)c(C)c2-c2cc(C)cc(C)c2)C1=O. The molecule has 25 heavy (non-hydrogen) atoms. The highest BCUT2D eigenvalue weighted by Gasteiger charge is 2.34. The lowest BCUT2D eigenvalue weighted by Crippen LogP contribution is -2.15. The van der Waals surface area contributed by atoms with Crippen LogP contribution in [0.3, 0.4) is 0 Å². The van der Waals surface area contributed by atoms with Gasteiger partial charge in [-0.2, -0.15) is 0 Å². The minimum absolute atomic E-state index is 0.0251. The summed E-state index contributed by atoms with van der Waals surface area (Å²) in [6.07, 6.45) is 1.81. The average Bonchev–Trinajstić information content (AvgIpc) is 2.80. The number of fused-ring (bicyclic) bond motifs is 1. The second-order valence-corrected chi connectivity index (χ2v) is 8.75. The van der Waals surface area contributed by atoms with E-state index in [1.165, 1.54) is 38.9 Å². The Bertz CT molecular complexity index is 829. The van der Waals surface area contributed by atoms with Gasteiger partial charge < -0.3 is 0 Å². The predicted octanol–water partition coefficient (Wildman–Crippen LogP) is 6.34. The van der Waals surface area contributed by atoms with Gasteiger partial charge in [-0.15, -0.1) is 0 Å². The first kappa shape index (κ1) is 17.9. The molecule has 0 bridgehead atoms. The number of rotatable bonds is 2. The van der Waals surface area contributed by atoms with Crippen molar-refractivity contribution >= 4 is 5.78 Å². The predicted molar refractivity (Wildman–Crippen MR) is 107 cm³/mol. The van der Waals surface area contributed by atoms with Crippen LogP contribution < -0.4 is 0 Å².